The molecule has 1 aromatic carbocycles. The fourth-order valence-electron chi connectivity index (χ4n) is 2.05. The van der Waals surface area contributed by atoms with E-state index in [9.17, 15) is 8.42 Å². The number of nitrogens with zero attached hydrogens (tertiary/aromatic N) is 2. The highest BCUT2D eigenvalue weighted by molar-refractivity contribution is 9.10. The molecule has 8 heteroatoms. The summed E-state index contributed by atoms with van der Waals surface area (Å²) >= 11 is 3.30. The maximum Gasteiger partial charge on any atom is 0.238 e. The molecule has 2 N–H and O–H groups in total. The lowest BCUT2D eigenvalue weighted by Crippen LogP contribution is -2.12. The monoisotopic (exact) mass is 371 g/mol. The van der Waals surface area contributed by atoms with E-state index in [1.165, 1.54) is 25.0 Å². The number of aromatic nitrogens is 2. The van der Waals surface area contributed by atoms with Gasteiger partial charge < -0.3 is 9.30 Å². The summed E-state index contributed by atoms with van der Waals surface area (Å²) in [6, 6.07) is 4.98. The van der Waals surface area contributed by atoms with Crippen molar-refractivity contribution in [3.8, 4) is 5.75 Å². The first kappa shape index (κ1) is 14.6. The van der Waals surface area contributed by atoms with E-state index in [0.29, 0.717) is 22.9 Å². The molecule has 1 aromatic heterocycles. The molecule has 0 unspecified atom stereocenters. The van der Waals surface area contributed by atoms with Crippen molar-refractivity contribution in [3.63, 3.8) is 0 Å². The van der Waals surface area contributed by atoms with Crippen molar-refractivity contribution in [2.75, 3.05) is 0 Å². The van der Waals surface area contributed by atoms with Crippen molar-refractivity contribution in [2.24, 2.45) is 5.14 Å². The SMILES string of the molecule is NS(=O)(=O)c1ccc(OCc2cncn2C2CC2)c(Br)c1. The number of imidazole rings is 1. The molecule has 6 nitrogen and oxygen atoms in total. The van der Waals surface area contributed by atoms with Gasteiger partial charge >= 0.3 is 0 Å². The van der Waals surface area contributed by atoms with Crippen LogP contribution in [0.1, 0.15) is 24.6 Å². The Morgan fingerprint density at radius 1 is 1.43 bits per heavy atom. The fraction of sp³-hybridized carbons (Fsp3) is 0.308. The summed E-state index contributed by atoms with van der Waals surface area (Å²) in [6.45, 7) is 0.379. The van der Waals surface area contributed by atoms with Crippen molar-refractivity contribution in [2.45, 2.75) is 30.4 Å². The van der Waals surface area contributed by atoms with Gasteiger partial charge in [-0.25, -0.2) is 18.5 Å². The van der Waals surface area contributed by atoms with Crippen LogP contribution in [0.5, 0.6) is 5.75 Å². The van der Waals surface area contributed by atoms with Crippen molar-refractivity contribution >= 4 is 26.0 Å². The molecule has 1 aliphatic carbocycles. The minimum Gasteiger partial charge on any atom is -0.486 e. The highest BCUT2D eigenvalue weighted by Gasteiger charge is 2.25. The molecule has 112 valence electrons. The summed E-state index contributed by atoms with van der Waals surface area (Å²) in [5.41, 5.74) is 1.000. The van der Waals surface area contributed by atoms with Gasteiger partial charge in [0.25, 0.3) is 0 Å². The van der Waals surface area contributed by atoms with Crippen LogP contribution in [0, 0.1) is 0 Å². The fourth-order valence-corrected chi connectivity index (χ4v) is 3.24. The summed E-state index contributed by atoms with van der Waals surface area (Å²) in [5.74, 6) is 0.561. The Bertz CT molecular complexity index is 769. The molecule has 1 fully saturated rings. The third kappa shape index (κ3) is 3.28. The topological polar surface area (TPSA) is 87.2 Å². The van der Waals surface area contributed by atoms with Crippen molar-refractivity contribution in [3.05, 3.63) is 40.9 Å². The number of primary sulfonamides is 1. The Hall–Kier alpha value is -1.38. The Morgan fingerprint density at radius 2 is 2.19 bits per heavy atom. The molecule has 1 heterocycles. The van der Waals surface area contributed by atoms with Gasteiger partial charge in [-0.15, -0.1) is 0 Å². The van der Waals surface area contributed by atoms with E-state index < -0.39 is 10.0 Å². The highest BCUT2D eigenvalue weighted by Crippen LogP contribution is 2.36. The minimum absolute atomic E-state index is 0.0461. The van der Waals surface area contributed by atoms with Gasteiger partial charge in [-0.2, -0.15) is 0 Å². The van der Waals surface area contributed by atoms with E-state index in [-0.39, 0.29) is 4.90 Å². The zero-order valence-corrected chi connectivity index (χ0v) is 13.5. The molecule has 3 rings (SSSR count). The molecule has 0 saturated heterocycles. The van der Waals surface area contributed by atoms with Crippen LogP contribution in [0.2, 0.25) is 0 Å². The number of ether oxygens (including phenoxy) is 1. The maximum absolute atomic E-state index is 11.3. The van der Waals surface area contributed by atoms with Gasteiger partial charge in [-0.1, -0.05) is 0 Å². The second-order valence-corrected chi connectivity index (χ2v) is 7.37. The molecule has 1 aliphatic rings. The molecule has 0 amide bonds. The van der Waals surface area contributed by atoms with Crippen LogP contribution in [0.15, 0.2) is 40.1 Å². The molecule has 2 aromatic rings. The standard InChI is InChI=1S/C13H14BrN3O3S/c14-12-5-11(21(15,18)19)3-4-13(12)20-7-10-6-16-8-17(10)9-1-2-9/h3-6,8-9H,1-2,7H2,(H2,15,18,19). The van der Waals surface area contributed by atoms with Crippen LogP contribution in [-0.4, -0.2) is 18.0 Å². The largest absolute Gasteiger partial charge is 0.486 e. The number of halogens is 1. The molecule has 0 atom stereocenters. The van der Waals surface area contributed by atoms with Crippen molar-refractivity contribution in [1.29, 1.82) is 0 Å². The lowest BCUT2D eigenvalue weighted by atomic mass is 10.3. The van der Waals surface area contributed by atoms with E-state index in [1.54, 1.807) is 12.3 Å². The van der Waals surface area contributed by atoms with Gasteiger partial charge in [0.2, 0.25) is 10.0 Å². The normalized spacial score (nSPS) is 15.1. The number of hydrogen-bond acceptors (Lipinski definition) is 4. The average Bonchev–Trinajstić information content (AvgIpc) is 3.15. The molecule has 1 saturated carbocycles. The molecule has 0 radical (unpaired) electrons. The molecule has 0 aliphatic heterocycles. The number of nitrogens with two attached hydrogens (primary N) is 1. The van der Waals surface area contributed by atoms with Crippen LogP contribution in [-0.2, 0) is 16.6 Å². The van der Waals surface area contributed by atoms with E-state index in [0.717, 1.165) is 5.69 Å². The predicted octanol–water partition coefficient (Wildman–Crippen LogP) is 2.21. The number of benzene rings is 1. The summed E-state index contributed by atoms with van der Waals surface area (Å²) in [4.78, 5) is 4.19. The summed E-state index contributed by atoms with van der Waals surface area (Å²) < 4.78 is 30.9. The van der Waals surface area contributed by atoms with Gasteiger partial charge in [0, 0.05) is 6.04 Å². The van der Waals surface area contributed by atoms with Crippen LogP contribution in [0.4, 0.5) is 0 Å². The van der Waals surface area contributed by atoms with Crippen LogP contribution >= 0.6 is 15.9 Å². The van der Waals surface area contributed by atoms with Crippen LogP contribution in [0.25, 0.3) is 0 Å². The number of hydrogen-bond donors (Lipinski definition) is 1. The van der Waals surface area contributed by atoms with Crippen LogP contribution < -0.4 is 9.88 Å². The summed E-state index contributed by atoms with van der Waals surface area (Å²) in [6.07, 6.45) is 5.95. The quantitative estimate of drug-likeness (QED) is 0.872. The third-order valence-corrected chi connectivity index (χ3v) is 4.82. The van der Waals surface area contributed by atoms with Gasteiger partial charge in [-0.3, -0.25) is 0 Å². The van der Waals surface area contributed by atoms with Crippen molar-refractivity contribution in [1.82, 2.24) is 9.55 Å². The van der Waals surface area contributed by atoms with E-state index >= 15 is 0 Å². The zero-order chi connectivity index (χ0) is 15.0. The smallest absolute Gasteiger partial charge is 0.238 e. The predicted molar refractivity (Wildman–Crippen MR) is 80.3 cm³/mol. The second-order valence-electron chi connectivity index (χ2n) is 4.95. The third-order valence-electron chi connectivity index (χ3n) is 3.29. The molecule has 0 spiro atoms. The number of rotatable bonds is 5. The Kier molecular flexibility index (Phi) is 3.76. The van der Waals surface area contributed by atoms with Gasteiger partial charge in [0.05, 0.1) is 27.6 Å². The lowest BCUT2D eigenvalue weighted by Gasteiger charge is -2.11. The van der Waals surface area contributed by atoms with E-state index in [4.69, 9.17) is 9.88 Å². The first-order chi connectivity index (χ1) is 9.95. The minimum atomic E-state index is -3.71. The zero-order valence-electron chi connectivity index (χ0n) is 11.1. The molecule has 21 heavy (non-hydrogen) atoms. The Morgan fingerprint density at radius 3 is 2.81 bits per heavy atom. The Balaban J connectivity index is 1.74. The molecular formula is C13H14BrN3O3S. The summed E-state index contributed by atoms with van der Waals surface area (Å²) in [5, 5.41) is 5.09. The molecule has 0 bridgehead atoms. The van der Waals surface area contributed by atoms with Crippen molar-refractivity contribution < 1.29 is 13.2 Å². The average molecular weight is 372 g/mol. The van der Waals surface area contributed by atoms with E-state index in [1.807, 2.05) is 6.33 Å². The maximum atomic E-state index is 11.3. The van der Waals surface area contributed by atoms with E-state index in [2.05, 4.69) is 25.5 Å². The van der Waals surface area contributed by atoms with Gasteiger partial charge in [0.15, 0.2) is 0 Å². The first-order valence-corrected chi connectivity index (χ1v) is 8.75. The van der Waals surface area contributed by atoms with Gasteiger partial charge in [-0.05, 0) is 47.0 Å². The highest BCUT2D eigenvalue weighted by atomic mass is 79.9. The molecular weight excluding hydrogens is 358 g/mol. The lowest BCUT2D eigenvalue weighted by molar-refractivity contribution is 0.293. The van der Waals surface area contributed by atoms with Crippen LogP contribution in [0.3, 0.4) is 0 Å². The first-order valence-electron chi connectivity index (χ1n) is 6.41. The number of sulfonamides is 1. The Labute approximate surface area is 131 Å². The van der Waals surface area contributed by atoms with Gasteiger partial charge in [0.1, 0.15) is 12.4 Å². The summed E-state index contributed by atoms with van der Waals surface area (Å²) in [7, 11) is -3.71. The second kappa shape index (κ2) is 5.43.